The second kappa shape index (κ2) is 7.97. The second-order valence-corrected chi connectivity index (χ2v) is 8.25. The van der Waals surface area contributed by atoms with Crippen molar-refractivity contribution in [3.8, 4) is 0 Å². The minimum absolute atomic E-state index is 0.0654. The Hall–Kier alpha value is -2.70. The smallest absolute Gasteiger partial charge is 0.248 e. The van der Waals surface area contributed by atoms with Crippen LogP contribution in [0.2, 0.25) is 0 Å². The fourth-order valence-electron chi connectivity index (χ4n) is 4.77. The van der Waals surface area contributed by atoms with Gasteiger partial charge in [-0.1, -0.05) is 6.07 Å². The van der Waals surface area contributed by atoms with Gasteiger partial charge in [0.25, 0.3) is 0 Å². The quantitative estimate of drug-likeness (QED) is 0.843. The molecule has 0 saturated carbocycles. The van der Waals surface area contributed by atoms with Crippen molar-refractivity contribution >= 4 is 11.8 Å². The number of aromatic amines is 1. The van der Waals surface area contributed by atoms with Crippen LogP contribution in [-0.4, -0.2) is 55.4 Å². The summed E-state index contributed by atoms with van der Waals surface area (Å²) < 4.78 is 0. The predicted octanol–water partition coefficient (Wildman–Crippen LogP) is 2.54. The summed E-state index contributed by atoms with van der Waals surface area (Å²) in [6, 6.07) is 5.76. The number of hydrogen-bond donors (Lipinski definition) is 1. The van der Waals surface area contributed by atoms with Crippen LogP contribution in [0.5, 0.6) is 0 Å². The number of rotatable bonds is 5. The average molecular weight is 396 g/mol. The van der Waals surface area contributed by atoms with Crippen LogP contribution < -0.4 is 0 Å². The molecule has 2 amide bonds. The number of aryl methyl sites for hydroxylation is 2. The van der Waals surface area contributed by atoms with E-state index < -0.39 is 5.54 Å². The molecule has 0 radical (unpaired) electrons. The second-order valence-electron chi connectivity index (χ2n) is 8.25. The third-order valence-corrected chi connectivity index (χ3v) is 6.50. The van der Waals surface area contributed by atoms with Gasteiger partial charge in [0.05, 0.1) is 17.9 Å². The maximum absolute atomic E-state index is 13.5. The van der Waals surface area contributed by atoms with Crippen molar-refractivity contribution in [3.05, 3.63) is 47.0 Å². The van der Waals surface area contributed by atoms with Gasteiger partial charge >= 0.3 is 0 Å². The Bertz CT molecular complexity index is 894. The highest BCUT2D eigenvalue weighted by molar-refractivity contribution is 5.92. The van der Waals surface area contributed by atoms with Crippen molar-refractivity contribution in [1.29, 1.82) is 0 Å². The number of likely N-dealkylation sites (tertiary alicyclic amines) is 2. The van der Waals surface area contributed by atoms with E-state index in [4.69, 9.17) is 0 Å². The molecule has 2 aromatic rings. The van der Waals surface area contributed by atoms with Gasteiger partial charge < -0.3 is 9.80 Å². The van der Waals surface area contributed by atoms with Gasteiger partial charge in [-0.2, -0.15) is 5.10 Å². The van der Waals surface area contributed by atoms with Crippen LogP contribution >= 0.6 is 0 Å². The topological polar surface area (TPSA) is 82.2 Å². The SMILES string of the molecule is Cc1[nH]nc(CCC(=O)N2CCCC23CCCN(Cc2ccccn2)C3=O)c1C. The van der Waals surface area contributed by atoms with Crippen molar-refractivity contribution in [1.82, 2.24) is 25.0 Å². The lowest BCUT2D eigenvalue weighted by Gasteiger charge is -2.44. The Morgan fingerprint density at radius 2 is 2.00 bits per heavy atom. The van der Waals surface area contributed by atoms with Gasteiger partial charge in [-0.05, 0) is 57.2 Å². The molecule has 2 aliphatic rings. The minimum atomic E-state index is -0.666. The van der Waals surface area contributed by atoms with Crippen LogP contribution in [0.3, 0.4) is 0 Å². The summed E-state index contributed by atoms with van der Waals surface area (Å²) in [5, 5.41) is 7.30. The summed E-state index contributed by atoms with van der Waals surface area (Å²) >= 11 is 0. The molecule has 29 heavy (non-hydrogen) atoms. The number of nitrogens with zero attached hydrogens (tertiary/aromatic N) is 4. The van der Waals surface area contributed by atoms with E-state index in [1.807, 2.05) is 41.8 Å². The summed E-state index contributed by atoms with van der Waals surface area (Å²) in [4.78, 5) is 34.7. The summed E-state index contributed by atoms with van der Waals surface area (Å²) in [5.41, 5.74) is 3.32. The largest absolute Gasteiger partial charge is 0.335 e. The summed E-state index contributed by atoms with van der Waals surface area (Å²) in [7, 11) is 0. The Balaban J connectivity index is 1.47. The highest BCUT2D eigenvalue weighted by Gasteiger charge is 2.52. The third kappa shape index (κ3) is 3.66. The highest BCUT2D eigenvalue weighted by atomic mass is 16.2. The number of H-pyrrole nitrogens is 1. The third-order valence-electron chi connectivity index (χ3n) is 6.50. The monoisotopic (exact) mass is 395 g/mol. The lowest BCUT2D eigenvalue weighted by Crippen LogP contribution is -2.61. The Kier molecular flexibility index (Phi) is 5.39. The van der Waals surface area contributed by atoms with Gasteiger partial charge in [0.15, 0.2) is 0 Å². The zero-order valence-electron chi connectivity index (χ0n) is 17.3. The van der Waals surface area contributed by atoms with Crippen LogP contribution in [0.4, 0.5) is 0 Å². The zero-order valence-corrected chi connectivity index (χ0v) is 17.3. The van der Waals surface area contributed by atoms with E-state index in [0.29, 0.717) is 25.9 Å². The molecule has 7 heteroatoms. The van der Waals surface area contributed by atoms with E-state index in [1.165, 1.54) is 0 Å². The number of amides is 2. The van der Waals surface area contributed by atoms with Crippen LogP contribution in [0, 0.1) is 13.8 Å². The molecule has 4 rings (SSSR count). The number of nitrogens with one attached hydrogen (secondary N) is 1. The van der Waals surface area contributed by atoms with Crippen LogP contribution in [0.15, 0.2) is 24.4 Å². The highest BCUT2D eigenvalue weighted by Crippen LogP contribution is 2.39. The van der Waals surface area contributed by atoms with E-state index in [-0.39, 0.29) is 11.8 Å². The molecular formula is C22H29N5O2. The molecule has 1 atom stereocenters. The Labute approximate surface area is 171 Å². The molecule has 4 heterocycles. The zero-order chi connectivity index (χ0) is 20.4. The maximum atomic E-state index is 13.5. The van der Waals surface area contributed by atoms with Gasteiger partial charge in [0, 0.05) is 37.8 Å². The first kappa shape index (κ1) is 19.6. The van der Waals surface area contributed by atoms with Crippen molar-refractivity contribution in [3.63, 3.8) is 0 Å². The lowest BCUT2D eigenvalue weighted by molar-refractivity contribution is -0.155. The summed E-state index contributed by atoms with van der Waals surface area (Å²) in [5.74, 6) is 0.155. The molecule has 0 aromatic carbocycles. The molecule has 0 aliphatic carbocycles. The molecule has 2 aliphatic heterocycles. The maximum Gasteiger partial charge on any atom is 0.248 e. The number of carbonyl (C=O) groups is 2. The van der Waals surface area contributed by atoms with Gasteiger partial charge in [0.2, 0.25) is 11.8 Å². The molecule has 2 saturated heterocycles. The summed E-state index contributed by atoms with van der Waals surface area (Å²) in [6.45, 7) is 5.91. The van der Waals surface area contributed by atoms with Crippen LogP contribution in [-0.2, 0) is 22.6 Å². The van der Waals surface area contributed by atoms with Gasteiger partial charge in [-0.15, -0.1) is 0 Å². The van der Waals surface area contributed by atoms with E-state index in [1.54, 1.807) is 6.20 Å². The first-order valence-corrected chi connectivity index (χ1v) is 10.5. The fraction of sp³-hybridized carbons (Fsp3) is 0.545. The number of pyridine rings is 1. The van der Waals surface area contributed by atoms with E-state index in [0.717, 1.165) is 54.9 Å². The number of carbonyl (C=O) groups excluding carboxylic acids is 2. The van der Waals surface area contributed by atoms with Crippen molar-refractivity contribution in [2.75, 3.05) is 13.1 Å². The molecule has 0 bridgehead atoms. The normalized spacial score (nSPS) is 21.9. The van der Waals surface area contributed by atoms with Gasteiger partial charge in [0.1, 0.15) is 5.54 Å². The molecule has 1 N–H and O–H groups in total. The molecule has 2 fully saturated rings. The molecule has 154 valence electrons. The van der Waals surface area contributed by atoms with Gasteiger partial charge in [-0.25, -0.2) is 0 Å². The van der Waals surface area contributed by atoms with Crippen LogP contribution in [0.1, 0.15) is 54.7 Å². The number of piperidine rings is 1. The molecular weight excluding hydrogens is 366 g/mol. The van der Waals surface area contributed by atoms with Crippen LogP contribution in [0.25, 0.3) is 0 Å². The first-order valence-electron chi connectivity index (χ1n) is 10.5. The van der Waals surface area contributed by atoms with E-state index >= 15 is 0 Å². The Morgan fingerprint density at radius 1 is 1.21 bits per heavy atom. The van der Waals surface area contributed by atoms with E-state index in [2.05, 4.69) is 15.2 Å². The van der Waals surface area contributed by atoms with E-state index in [9.17, 15) is 9.59 Å². The minimum Gasteiger partial charge on any atom is -0.335 e. The predicted molar refractivity (Wildman–Crippen MR) is 109 cm³/mol. The molecule has 1 spiro atoms. The van der Waals surface area contributed by atoms with Crippen molar-refractivity contribution in [2.45, 2.75) is 64.5 Å². The average Bonchev–Trinajstić information content (AvgIpc) is 3.29. The number of aromatic nitrogens is 3. The lowest BCUT2D eigenvalue weighted by atomic mass is 9.85. The number of hydrogen-bond acceptors (Lipinski definition) is 4. The Morgan fingerprint density at radius 3 is 2.69 bits per heavy atom. The molecule has 7 nitrogen and oxygen atoms in total. The van der Waals surface area contributed by atoms with Crippen molar-refractivity contribution in [2.24, 2.45) is 0 Å². The molecule has 2 aromatic heterocycles. The van der Waals surface area contributed by atoms with Gasteiger partial charge in [-0.3, -0.25) is 19.7 Å². The summed E-state index contributed by atoms with van der Waals surface area (Å²) in [6.07, 6.45) is 6.07. The fourth-order valence-corrected chi connectivity index (χ4v) is 4.77. The first-order chi connectivity index (χ1) is 14.0. The molecule has 1 unspecified atom stereocenters. The van der Waals surface area contributed by atoms with Crippen molar-refractivity contribution < 1.29 is 9.59 Å². The standard InChI is InChI=1S/C22H29N5O2/c1-16-17(2)24-25-19(16)8-9-20(28)27-14-6-11-22(27)10-5-13-26(21(22)29)15-18-7-3-4-12-23-18/h3-4,7,12H,5-6,8-11,13-15H2,1-2H3,(H,24,25).